The summed E-state index contributed by atoms with van der Waals surface area (Å²) in [6, 6.07) is 23.2. The van der Waals surface area contributed by atoms with Crippen LogP contribution in [0.4, 0.5) is 46.5 Å². The first-order valence-electron chi connectivity index (χ1n) is 28.0. The molecule has 0 amide bonds. The van der Waals surface area contributed by atoms with E-state index in [-0.39, 0.29) is 40.4 Å². The smallest absolute Gasteiger partial charge is 0.416 e. The molecule has 14 heteroatoms. The average molecular weight is 1090 g/mol. The van der Waals surface area contributed by atoms with Crippen LogP contribution in [0.2, 0.25) is 0 Å². The van der Waals surface area contributed by atoms with Crippen molar-refractivity contribution >= 4 is 34.2 Å². The average Bonchev–Trinajstić information content (AvgIpc) is 3.97. The largest absolute Gasteiger partial charge is 0.495 e. The van der Waals surface area contributed by atoms with Gasteiger partial charge < -0.3 is 24.0 Å². The molecule has 5 aliphatic rings. The Morgan fingerprint density at radius 2 is 1.28 bits per heavy atom. The summed E-state index contributed by atoms with van der Waals surface area (Å²) in [5.74, 6) is 2.12. The first-order valence-corrected chi connectivity index (χ1v) is 28.0. The zero-order chi connectivity index (χ0) is 55.6. The van der Waals surface area contributed by atoms with Crippen molar-refractivity contribution in [2.75, 3.05) is 43.1 Å². The quantitative estimate of drug-likeness (QED) is 0.0527. The molecule has 1 saturated heterocycles. The number of fused-ring (bicyclic) bond motifs is 8. The van der Waals surface area contributed by atoms with Crippen LogP contribution in [0.25, 0.3) is 28.0 Å². The van der Waals surface area contributed by atoms with Gasteiger partial charge in [-0.3, -0.25) is 4.79 Å². The first-order chi connectivity index (χ1) is 37.8. The number of anilines is 2. The van der Waals surface area contributed by atoms with Crippen molar-refractivity contribution in [3.05, 3.63) is 154 Å². The van der Waals surface area contributed by atoms with Crippen LogP contribution in [-0.2, 0) is 28.2 Å². The first kappa shape index (κ1) is 54.4. The molecule has 6 aromatic rings. The number of unbranched alkanes of at least 4 members (excludes halogenated alkanes) is 2. The summed E-state index contributed by atoms with van der Waals surface area (Å²) in [7, 11) is 1.49. The monoisotopic (exact) mass is 1090 g/mol. The van der Waals surface area contributed by atoms with Gasteiger partial charge in [0.2, 0.25) is 0 Å². The lowest BCUT2D eigenvalue weighted by Gasteiger charge is -2.39. The van der Waals surface area contributed by atoms with Gasteiger partial charge in [0.1, 0.15) is 28.9 Å². The molecule has 2 aliphatic heterocycles. The van der Waals surface area contributed by atoms with Crippen molar-refractivity contribution in [2.45, 2.75) is 121 Å². The molecular formula is C65H66F8N2O4. The summed E-state index contributed by atoms with van der Waals surface area (Å²) in [6.07, 6.45) is 7.62. The van der Waals surface area contributed by atoms with Crippen LogP contribution in [0.5, 0.6) is 17.2 Å². The van der Waals surface area contributed by atoms with Crippen LogP contribution < -0.4 is 24.0 Å². The number of nitrogens with zero attached hydrogens (tertiary/aromatic N) is 2. The number of benzene rings is 6. The van der Waals surface area contributed by atoms with E-state index in [0.717, 1.165) is 49.3 Å². The number of alkyl halides is 6. The fourth-order valence-corrected chi connectivity index (χ4v) is 14.0. The maximum Gasteiger partial charge on any atom is 0.416 e. The van der Waals surface area contributed by atoms with Crippen LogP contribution in [0.15, 0.2) is 103 Å². The topological polar surface area (TPSA) is 51.2 Å². The van der Waals surface area contributed by atoms with E-state index in [9.17, 15) is 26.7 Å². The Labute approximate surface area is 456 Å². The molecule has 79 heavy (non-hydrogen) atoms. The number of hydrogen-bond acceptors (Lipinski definition) is 6. The molecule has 416 valence electrons. The summed E-state index contributed by atoms with van der Waals surface area (Å²) in [5, 5.41) is 0.682. The minimum atomic E-state index is -5.16. The van der Waals surface area contributed by atoms with E-state index < -0.39 is 46.1 Å². The van der Waals surface area contributed by atoms with Crippen LogP contribution in [0.1, 0.15) is 137 Å². The van der Waals surface area contributed by atoms with E-state index in [0.29, 0.717) is 82.3 Å². The normalized spacial score (nSPS) is 21.5. The molecule has 0 unspecified atom stereocenters. The second-order valence-corrected chi connectivity index (χ2v) is 23.1. The van der Waals surface area contributed by atoms with Gasteiger partial charge in [0, 0.05) is 59.4 Å². The summed E-state index contributed by atoms with van der Waals surface area (Å²) in [6.45, 7) is 7.42. The summed E-state index contributed by atoms with van der Waals surface area (Å²) >= 11 is 0. The molecule has 0 N–H and O–H groups in total. The maximum absolute atomic E-state index is 15.3. The van der Waals surface area contributed by atoms with E-state index in [1.807, 2.05) is 24.3 Å². The highest BCUT2D eigenvalue weighted by Gasteiger charge is 2.50. The summed E-state index contributed by atoms with van der Waals surface area (Å²) < 4.78 is 138. The second-order valence-electron chi connectivity index (χ2n) is 23.1. The van der Waals surface area contributed by atoms with Gasteiger partial charge in [-0.05, 0) is 163 Å². The van der Waals surface area contributed by atoms with Gasteiger partial charge in [0.05, 0.1) is 29.8 Å². The molecule has 6 nitrogen and oxygen atoms in total. The van der Waals surface area contributed by atoms with Crippen molar-refractivity contribution < 1.29 is 54.1 Å². The molecule has 3 aliphatic carbocycles. The highest BCUT2D eigenvalue weighted by atomic mass is 19.4. The Hall–Kier alpha value is -6.57. The third-order valence-corrected chi connectivity index (χ3v) is 18.1. The molecule has 0 atom stereocenters. The van der Waals surface area contributed by atoms with Crippen LogP contribution >= 0.6 is 0 Å². The third kappa shape index (κ3) is 10.2. The zero-order valence-corrected chi connectivity index (χ0v) is 45.1. The Balaban J connectivity index is 0.884. The zero-order valence-electron chi connectivity index (χ0n) is 45.1. The van der Waals surface area contributed by atoms with Crippen molar-refractivity contribution in [1.29, 1.82) is 0 Å². The number of halogens is 8. The van der Waals surface area contributed by atoms with Crippen molar-refractivity contribution in [3.63, 3.8) is 0 Å². The number of esters is 1. The Bertz CT molecular complexity index is 3210. The van der Waals surface area contributed by atoms with Crippen LogP contribution in [0, 0.1) is 35.3 Å². The van der Waals surface area contributed by atoms with E-state index >= 15 is 13.2 Å². The highest BCUT2D eigenvalue weighted by molar-refractivity contribution is 6.10. The second kappa shape index (κ2) is 21.2. The SMILES string of the molecule is CCCCC[C@H]1CC[C@H]([C@H]2CC[C@H](C(=O)Oc3ccc(N4CCN(c5cc6c7c(c8c(c6cc5OC)OC(c5ccc(F)cc5)(c5ccc(F)cc5)C=C8)C(C)(C)c5c-7cc(C(F)(F)F)cc5C(F)(F)F)CC4)cc3)CC2)CC1. The van der Waals surface area contributed by atoms with E-state index in [1.54, 1.807) is 38.1 Å². The van der Waals surface area contributed by atoms with E-state index in [2.05, 4.69) is 16.7 Å². The molecule has 6 aromatic carbocycles. The number of ether oxygens (including phenoxy) is 3. The fraction of sp³-hybridized carbons (Fsp3) is 0.431. The number of methoxy groups -OCH3 is 1. The summed E-state index contributed by atoms with van der Waals surface area (Å²) in [5.41, 5.74) is -3.07. The molecule has 2 saturated carbocycles. The van der Waals surface area contributed by atoms with Gasteiger partial charge in [-0.1, -0.05) is 89.6 Å². The van der Waals surface area contributed by atoms with Crippen molar-refractivity contribution in [1.82, 2.24) is 0 Å². The Kier molecular flexibility index (Phi) is 14.6. The predicted octanol–water partition coefficient (Wildman–Crippen LogP) is 17.2. The number of carbonyl (C=O) groups excluding carboxylic acids is 1. The van der Waals surface area contributed by atoms with Crippen molar-refractivity contribution in [3.8, 4) is 28.4 Å². The van der Waals surface area contributed by atoms with E-state index in [4.69, 9.17) is 14.2 Å². The highest BCUT2D eigenvalue weighted by Crippen LogP contribution is 2.62. The van der Waals surface area contributed by atoms with Gasteiger partial charge in [0.15, 0.2) is 5.60 Å². The predicted molar refractivity (Wildman–Crippen MR) is 293 cm³/mol. The molecule has 0 aromatic heterocycles. The fourth-order valence-electron chi connectivity index (χ4n) is 14.0. The van der Waals surface area contributed by atoms with Gasteiger partial charge in [-0.2, -0.15) is 26.3 Å². The Morgan fingerprint density at radius 3 is 1.85 bits per heavy atom. The molecule has 0 radical (unpaired) electrons. The van der Waals surface area contributed by atoms with Gasteiger partial charge >= 0.3 is 18.3 Å². The number of carbonyl (C=O) groups is 1. The maximum atomic E-state index is 15.3. The van der Waals surface area contributed by atoms with E-state index in [1.165, 1.54) is 107 Å². The van der Waals surface area contributed by atoms with Gasteiger partial charge in [-0.25, -0.2) is 8.78 Å². The van der Waals surface area contributed by atoms with Gasteiger partial charge in [0.25, 0.3) is 0 Å². The minimum Gasteiger partial charge on any atom is -0.495 e. The minimum absolute atomic E-state index is 0.107. The van der Waals surface area contributed by atoms with Crippen LogP contribution in [0.3, 0.4) is 0 Å². The molecule has 0 bridgehead atoms. The lowest BCUT2D eigenvalue weighted by Crippen LogP contribution is -2.46. The van der Waals surface area contributed by atoms with Gasteiger partial charge in [-0.15, -0.1) is 0 Å². The van der Waals surface area contributed by atoms with Crippen LogP contribution in [-0.4, -0.2) is 39.3 Å². The molecule has 3 fully saturated rings. The lowest BCUT2D eigenvalue weighted by atomic mass is 9.68. The molecular weight excluding hydrogens is 1020 g/mol. The Morgan fingerprint density at radius 1 is 0.684 bits per heavy atom. The molecule has 2 heterocycles. The summed E-state index contributed by atoms with van der Waals surface area (Å²) in [4.78, 5) is 17.7. The number of hydrogen-bond donors (Lipinski definition) is 0. The molecule has 11 rings (SSSR count). The molecule has 0 spiro atoms. The lowest BCUT2D eigenvalue weighted by molar-refractivity contribution is -0.144. The number of piperazine rings is 1. The third-order valence-electron chi connectivity index (χ3n) is 18.1. The standard InChI is InChI=1S/C65H66F8N2O4/c1-5-6-7-8-39-9-11-40(12-10-39)41-13-15-42(16-14-41)61(76)78-49-27-25-48(26-28-49)74-31-33-75(34-32-74)55-37-51-52(38-56(55)77-4)60-50(29-30-63(79-60,43-17-21-46(66)22-18-43)44-19-23-47(67)24-20-44)59-57(51)53-35-45(64(68,69)70)36-54(65(71,72)73)58(53)62(59,2)3/h17-30,35-42H,5-16,31-34H2,1-4H3/t39-,40-,41-,42-. The number of rotatable bonds is 12. The van der Waals surface area contributed by atoms with Crippen molar-refractivity contribution in [2.24, 2.45) is 23.7 Å².